The average Bonchev–Trinajstić information content (AvgIpc) is 2.90. The predicted molar refractivity (Wildman–Crippen MR) is 79.5 cm³/mol. The number of thioether (sulfide) groups is 1. The number of nitrogens with one attached hydrogen (secondary N) is 1. The van der Waals surface area contributed by atoms with Crippen LogP contribution in [0.5, 0.6) is 0 Å². The minimum atomic E-state index is 0.0689. The van der Waals surface area contributed by atoms with E-state index in [4.69, 9.17) is 0 Å². The molecular weight excluding hydrogens is 262 g/mol. The van der Waals surface area contributed by atoms with E-state index in [1.165, 1.54) is 5.56 Å². The number of anilines is 1. The van der Waals surface area contributed by atoms with Gasteiger partial charge in [-0.3, -0.25) is 4.79 Å². The fourth-order valence-corrected chi connectivity index (χ4v) is 2.78. The largest absolute Gasteiger partial charge is 0.326 e. The van der Waals surface area contributed by atoms with Gasteiger partial charge in [-0.05, 0) is 53.3 Å². The third kappa shape index (κ3) is 3.89. The molecule has 0 aliphatic rings. The van der Waals surface area contributed by atoms with E-state index >= 15 is 0 Å². The zero-order valence-electron chi connectivity index (χ0n) is 10.2. The van der Waals surface area contributed by atoms with E-state index in [1.807, 2.05) is 35.9 Å². The maximum Gasteiger partial charge on any atom is 0.224 e. The maximum atomic E-state index is 11.8. The molecule has 18 heavy (non-hydrogen) atoms. The van der Waals surface area contributed by atoms with Gasteiger partial charge in [0.1, 0.15) is 0 Å². The number of amides is 1. The van der Waals surface area contributed by atoms with Crippen molar-refractivity contribution < 1.29 is 4.79 Å². The lowest BCUT2D eigenvalue weighted by Gasteiger charge is -2.06. The lowest BCUT2D eigenvalue weighted by atomic mass is 10.2. The van der Waals surface area contributed by atoms with Gasteiger partial charge >= 0.3 is 0 Å². The van der Waals surface area contributed by atoms with Crippen molar-refractivity contribution in [2.45, 2.75) is 17.7 Å². The molecule has 1 N–H and O–H groups in total. The molecule has 0 aliphatic carbocycles. The number of rotatable bonds is 5. The van der Waals surface area contributed by atoms with Crippen LogP contribution in [0.25, 0.3) is 0 Å². The van der Waals surface area contributed by atoms with Gasteiger partial charge in [0.15, 0.2) is 0 Å². The second-order valence-corrected chi connectivity index (χ2v) is 5.57. The molecular formula is C14H15NOS2. The predicted octanol–water partition coefficient (Wildman–Crippen LogP) is 4.04. The summed E-state index contributed by atoms with van der Waals surface area (Å²) in [5, 5.41) is 7.05. The van der Waals surface area contributed by atoms with Gasteiger partial charge in [0.25, 0.3) is 0 Å². The Kier molecular flexibility index (Phi) is 4.84. The molecule has 2 nitrogen and oxygen atoms in total. The first-order chi connectivity index (χ1) is 8.78. The first-order valence-corrected chi connectivity index (χ1v) is 7.89. The Morgan fingerprint density at radius 1 is 1.39 bits per heavy atom. The summed E-state index contributed by atoms with van der Waals surface area (Å²) >= 11 is 3.34. The van der Waals surface area contributed by atoms with E-state index in [0.717, 1.165) is 17.0 Å². The van der Waals surface area contributed by atoms with Crippen LogP contribution in [0, 0.1) is 0 Å². The van der Waals surface area contributed by atoms with Crippen LogP contribution in [0.3, 0.4) is 0 Å². The number of hydrogen-bond donors (Lipinski definition) is 1. The van der Waals surface area contributed by atoms with Gasteiger partial charge in [-0.2, -0.15) is 11.3 Å². The van der Waals surface area contributed by atoms with Gasteiger partial charge in [-0.25, -0.2) is 0 Å². The lowest BCUT2D eigenvalue weighted by Crippen LogP contribution is -2.12. The van der Waals surface area contributed by atoms with Crippen LogP contribution in [0.4, 0.5) is 5.69 Å². The highest BCUT2D eigenvalue weighted by molar-refractivity contribution is 7.98. The Morgan fingerprint density at radius 3 is 3.00 bits per heavy atom. The van der Waals surface area contributed by atoms with Crippen LogP contribution < -0.4 is 5.32 Å². The molecule has 1 amide bonds. The first-order valence-electron chi connectivity index (χ1n) is 5.73. The zero-order valence-corrected chi connectivity index (χ0v) is 11.8. The summed E-state index contributed by atoms with van der Waals surface area (Å²) in [5.74, 6) is 0.0689. The van der Waals surface area contributed by atoms with Crippen molar-refractivity contribution in [2.24, 2.45) is 0 Å². The number of benzene rings is 1. The lowest BCUT2D eigenvalue weighted by molar-refractivity contribution is -0.116. The molecule has 2 aromatic rings. The number of carbonyl (C=O) groups excluding carboxylic acids is 1. The van der Waals surface area contributed by atoms with E-state index < -0.39 is 0 Å². The molecule has 0 atom stereocenters. The number of thiophene rings is 1. The van der Waals surface area contributed by atoms with Crippen molar-refractivity contribution >= 4 is 34.7 Å². The highest BCUT2D eigenvalue weighted by Crippen LogP contribution is 2.19. The second-order valence-electron chi connectivity index (χ2n) is 3.91. The summed E-state index contributed by atoms with van der Waals surface area (Å²) in [7, 11) is 0. The van der Waals surface area contributed by atoms with Gasteiger partial charge < -0.3 is 5.32 Å². The Balaban J connectivity index is 1.86. The van der Waals surface area contributed by atoms with Gasteiger partial charge in [0, 0.05) is 17.0 Å². The van der Waals surface area contributed by atoms with Crippen molar-refractivity contribution in [1.82, 2.24) is 0 Å². The SMILES string of the molecule is CSc1cccc(NC(=O)CCc2ccsc2)c1. The van der Waals surface area contributed by atoms with E-state index in [-0.39, 0.29) is 5.91 Å². The van der Waals surface area contributed by atoms with Crippen molar-refractivity contribution in [3.05, 3.63) is 46.7 Å². The minimum Gasteiger partial charge on any atom is -0.326 e. The maximum absolute atomic E-state index is 11.8. The molecule has 0 saturated carbocycles. The van der Waals surface area contributed by atoms with E-state index in [1.54, 1.807) is 23.1 Å². The minimum absolute atomic E-state index is 0.0689. The molecule has 1 aromatic carbocycles. The molecule has 0 aliphatic heterocycles. The van der Waals surface area contributed by atoms with Crippen LogP contribution in [0.1, 0.15) is 12.0 Å². The Labute approximate surface area is 115 Å². The standard InChI is InChI=1S/C14H15NOS2/c1-17-13-4-2-3-12(9-13)15-14(16)6-5-11-7-8-18-10-11/h2-4,7-10H,5-6H2,1H3,(H,15,16). The van der Waals surface area contributed by atoms with Gasteiger partial charge in [-0.15, -0.1) is 11.8 Å². The second kappa shape index (κ2) is 6.61. The molecule has 0 fully saturated rings. The van der Waals surface area contributed by atoms with E-state index in [2.05, 4.69) is 16.8 Å². The van der Waals surface area contributed by atoms with Gasteiger partial charge in [0.2, 0.25) is 5.91 Å². The summed E-state index contributed by atoms with van der Waals surface area (Å²) < 4.78 is 0. The summed E-state index contributed by atoms with van der Waals surface area (Å²) in [6.45, 7) is 0. The molecule has 1 heterocycles. The highest BCUT2D eigenvalue weighted by Gasteiger charge is 2.04. The smallest absolute Gasteiger partial charge is 0.224 e. The molecule has 0 saturated heterocycles. The number of aryl methyl sites for hydroxylation is 1. The molecule has 0 radical (unpaired) electrons. The third-order valence-electron chi connectivity index (χ3n) is 2.57. The summed E-state index contributed by atoms with van der Waals surface area (Å²) in [6.07, 6.45) is 3.36. The number of hydrogen-bond acceptors (Lipinski definition) is 3. The fourth-order valence-electron chi connectivity index (χ4n) is 1.62. The highest BCUT2D eigenvalue weighted by atomic mass is 32.2. The Bertz CT molecular complexity index is 508. The van der Waals surface area contributed by atoms with E-state index in [9.17, 15) is 4.79 Å². The van der Waals surface area contributed by atoms with Crippen molar-refractivity contribution in [3.63, 3.8) is 0 Å². The van der Waals surface area contributed by atoms with Crippen molar-refractivity contribution in [3.8, 4) is 0 Å². The van der Waals surface area contributed by atoms with Crippen LogP contribution in [-0.2, 0) is 11.2 Å². The topological polar surface area (TPSA) is 29.1 Å². The Hall–Kier alpha value is -1.26. The summed E-state index contributed by atoms with van der Waals surface area (Å²) in [6, 6.07) is 9.97. The third-order valence-corrected chi connectivity index (χ3v) is 4.03. The van der Waals surface area contributed by atoms with Crippen LogP contribution in [0.2, 0.25) is 0 Å². The molecule has 2 rings (SSSR count). The van der Waals surface area contributed by atoms with Crippen molar-refractivity contribution in [2.75, 3.05) is 11.6 Å². The van der Waals surface area contributed by atoms with Crippen LogP contribution >= 0.6 is 23.1 Å². The normalized spacial score (nSPS) is 10.3. The number of carbonyl (C=O) groups is 1. The fraction of sp³-hybridized carbons (Fsp3) is 0.214. The summed E-state index contributed by atoms with van der Waals surface area (Å²) in [5.41, 5.74) is 2.10. The quantitative estimate of drug-likeness (QED) is 0.836. The molecule has 1 aromatic heterocycles. The molecule has 0 spiro atoms. The van der Waals surface area contributed by atoms with Crippen LogP contribution in [-0.4, -0.2) is 12.2 Å². The van der Waals surface area contributed by atoms with Gasteiger partial charge in [0.05, 0.1) is 0 Å². The van der Waals surface area contributed by atoms with Crippen molar-refractivity contribution in [1.29, 1.82) is 0 Å². The van der Waals surface area contributed by atoms with Crippen LogP contribution in [0.15, 0.2) is 46.0 Å². The summed E-state index contributed by atoms with van der Waals surface area (Å²) in [4.78, 5) is 13.0. The monoisotopic (exact) mass is 277 g/mol. The Morgan fingerprint density at radius 2 is 2.28 bits per heavy atom. The molecule has 4 heteroatoms. The molecule has 0 bridgehead atoms. The average molecular weight is 277 g/mol. The van der Waals surface area contributed by atoms with E-state index in [0.29, 0.717) is 6.42 Å². The molecule has 94 valence electrons. The zero-order chi connectivity index (χ0) is 12.8. The molecule has 0 unspecified atom stereocenters. The van der Waals surface area contributed by atoms with Gasteiger partial charge in [-0.1, -0.05) is 6.07 Å². The first kappa shape index (κ1) is 13.2.